The van der Waals surface area contributed by atoms with Gasteiger partial charge in [0.15, 0.2) is 0 Å². The van der Waals surface area contributed by atoms with Gasteiger partial charge in [-0.05, 0) is 35.9 Å². The first-order valence-corrected chi connectivity index (χ1v) is 9.13. The van der Waals surface area contributed by atoms with Crippen LogP contribution in [0.25, 0.3) is 0 Å². The predicted octanol–water partition coefficient (Wildman–Crippen LogP) is 5.27. The normalized spacial score (nSPS) is 11.1. The van der Waals surface area contributed by atoms with Gasteiger partial charge in [-0.15, -0.1) is 0 Å². The van der Waals surface area contributed by atoms with E-state index in [0.29, 0.717) is 33.7 Å². The van der Waals surface area contributed by atoms with Crippen molar-refractivity contribution >= 4 is 40.7 Å². The zero-order valence-corrected chi connectivity index (χ0v) is 16.2. The van der Waals surface area contributed by atoms with Gasteiger partial charge in [-0.3, -0.25) is 0 Å². The zero-order chi connectivity index (χ0) is 21.6. The highest BCUT2D eigenvalue weighted by Gasteiger charge is 2.40. The van der Waals surface area contributed by atoms with Gasteiger partial charge in [-0.25, -0.2) is 9.78 Å². The van der Waals surface area contributed by atoms with Crippen LogP contribution < -0.4 is 10.6 Å². The van der Waals surface area contributed by atoms with Crippen molar-refractivity contribution in [3.8, 4) is 0 Å². The van der Waals surface area contributed by atoms with Gasteiger partial charge < -0.3 is 15.4 Å². The molecular formula is C20H16ClF3N4O2. The number of benzene rings is 2. The first-order chi connectivity index (χ1) is 14.3. The van der Waals surface area contributed by atoms with Crippen molar-refractivity contribution in [2.75, 3.05) is 17.2 Å². The second-order valence-electron chi connectivity index (χ2n) is 6.07. The molecule has 0 bridgehead atoms. The summed E-state index contributed by atoms with van der Waals surface area (Å²) in [5, 5.41) is 6.70. The number of rotatable bonds is 7. The van der Waals surface area contributed by atoms with Crippen LogP contribution in [0.15, 0.2) is 60.8 Å². The number of aromatic nitrogens is 2. The molecule has 0 unspecified atom stereocenters. The number of nitrogens with zero attached hydrogens (tertiary/aromatic N) is 2. The highest BCUT2D eigenvalue weighted by molar-refractivity contribution is 6.30. The lowest BCUT2D eigenvalue weighted by molar-refractivity contribution is -0.199. The number of hydrogen-bond acceptors (Lipinski definition) is 6. The van der Waals surface area contributed by atoms with Gasteiger partial charge in [0.05, 0.1) is 6.61 Å². The highest BCUT2D eigenvalue weighted by atomic mass is 35.5. The summed E-state index contributed by atoms with van der Waals surface area (Å²) in [7, 11) is 0. The van der Waals surface area contributed by atoms with Gasteiger partial charge in [0, 0.05) is 29.0 Å². The van der Waals surface area contributed by atoms with Crippen molar-refractivity contribution < 1.29 is 22.7 Å². The summed E-state index contributed by atoms with van der Waals surface area (Å²) >= 11 is 5.97. The summed E-state index contributed by atoms with van der Waals surface area (Å²) in [4.78, 5) is 19.4. The number of para-hydroxylation sites is 1. The molecule has 10 heteroatoms. The molecule has 1 aromatic heterocycles. The molecule has 2 aromatic carbocycles. The van der Waals surface area contributed by atoms with Gasteiger partial charge in [-0.2, -0.15) is 18.2 Å². The molecule has 156 valence electrons. The minimum atomic E-state index is -5.01. The minimum Gasteiger partial charge on any atom is -0.459 e. The molecule has 2 N–H and O–H groups in total. The number of hydrogen-bond donors (Lipinski definition) is 2. The molecule has 0 aliphatic heterocycles. The molecule has 0 saturated heterocycles. The minimum absolute atomic E-state index is 0.101. The number of esters is 1. The van der Waals surface area contributed by atoms with Gasteiger partial charge in [0.25, 0.3) is 0 Å². The lowest BCUT2D eigenvalue weighted by Gasteiger charge is -2.13. The van der Waals surface area contributed by atoms with Gasteiger partial charge >= 0.3 is 12.1 Å². The molecule has 0 spiro atoms. The van der Waals surface area contributed by atoms with Crippen molar-refractivity contribution in [2.45, 2.75) is 12.6 Å². The monoisotopic (exact) mass is 436 g/mol. The van der Waals surface area contributed by atoms with E-state index in [0.717, 1.165) is 0 Å². The van der Waals surface area contributed by atoms with Crippen molar-refractivity contribution in [2.24, 2.45) is 0 Å². The lowest BCUT2D eigenvalue weighted by Crippen LogP contribution is -2.26. The Morgan fingerprint density at radius 1 is 1.07 bits per heavy atom. The maximum Gasteiger partial charge on any atom is 0.490 e. The average Bonchev–Trinajstić information content (AvgIpc) is 2.69. The number of halogens is 4. The van der Waals surface area contributed by atoms with Crippen molar-refractivity contribution in [3.63, 3.8) is 0 Å². The fourth-order valence-corrected chi connectivity index (χ4v) is 2.71. The van der Waals surface area contributed by atoms with E-state index < -0.39 is 18.8 Å². The standard InChI is InChI=1S/C20H16ClF3N4O2/c21-14-5-3-6-15(12-14)26-19-25-10-8-17(28-19)27-16-7-2-1-4-13(16)9-11-30-18(29)20(22,23)24/h1-8,10,12H,9,11H2,(H2,25,26,27,28). The van der Waals surface area contributed by atoms with Crippen LogP contribution in [0.1, 0.15) is 5.56 Å². The van der Waals surface area contributed by atoms with E-state index in [9.17, 15) is 18.0 Å². The van der Waals surface area contributed by atoms with E-state index in [4.69, 9.17) is 11.6 Å². The molecule has 0 radical (unpaired) electrons. The first kappa shape index (κ1) is 21.4. The summed E-state index contributed by atoms with van der Waals surface area (Å²) in [6.45, 7) is -0.400. The summed E-state index contributed by atoms with van der Waals surface area (Å²) in [5.74, 6) is -1.41. The predicted molar refractivity (Wildman–Crippen MR) is 107 cm³/mol. The molecule has 0 amide bonds. The van der Waals surface area contributed by atoms with E-state index in [-0.39, 0.29) is 6.42 Å². The fraction of sp³-hybridized carbons (Fsp3) is 0.150. The van der Waals surface area contributed by atoms with E-state index in [2.05, 4.69) is 25.3 Å². The summed E-state index contributed by atoms with van der Waals surface area (Å²) in [5.41, 5.74) is 2.00. The Kier molecular flexibility index (Phi) is 6.73. The fourth-order valence-electron chi connectivity index (χ4n) is 2.52. The average molecular weight is 437 g/mol. The molecule has 30 heavy (non-hydrogen) atoms. The Balaban J connectivity index is 1.67. The second-order valence-corrected chi connectivity index (χ2v) is 6.50. The Morgan fingerprint density at radius 2 is 1.87 bits per heavy atom. The quantitative estimate of drug-likeness (QED) is 0.492. The molecule has 0 saturated carbocycles. The molecule has 0 fully saturated rings. The molecule has 1 heterocycles. The highest BCUT2D eigenvalue weighted by Crippen LogP contribution is 2.23. The van der Waals surface area contributed by atoms with E-state index in [1.807, 2.05) is 6.07 Å². The third-order valence-corrected chi connectivity index (χ3v) is 4.09. The Morgan fingerprint density at radius 3 is 2.63 bits per heavy atom. The van der Waals surface area contributed by atoms with Gasteiger partial charge in [0.2, 0.25) is 5.95 Å². The summed E-state index contributed by atoms with van der Waals surface area (Å²) < 4.78 is 41.0. The van der Waals surface area contributed by atoms with Crippen molar-refractivity contribution in [1.82, 2.24) is 9.97 Å². The molecule has 0 aliphatic carbocycles. The second kappa shape index (κ2) is 9.45. The van der Waals surface area contributed by atoms with Crippen LogP contribution in [0.2, 0.25) is 5.02 Å². The molecule has 3 aromatic rings. The lowest BCUT2D eigenvalue weighted by atomic mass is 10.1. The third kappa shape index (κ3) is 6.08. The van der Waals surface area contributed by atoms with Crippen LogP contribution in [0, 0.1) is 0 Å². The summed E-state index contributed by atoms with van der Waals surface area (Å²) in [6, 6.07) is 15.7. The topological polar surface area (TPSA) is 76.1 Å². The maximum atomic E-state index is 12.2. The number of carbonyl (C=O) groups excluding carboxylic acids is 1. The van der Waals surface area contributed by atoms with Crippen molar-refractivity contribution in [3.05, 3.63) is 71.4 Å². The Hall–Kier alpha value is -3.33. The molecule has 3 rings (SSSR count). The van der Waals surface area contributed by atoms with Gasteiger partial charge in [0.1, 0.15) is 5.82 Å². The smallest absolute Gasteiger partial charge is 0.459 e. The van der Waals surface area contributed by atoms with Crippen LogP contribution in [0.3, 0.4) is 0 Å². The largest absolute Gasteiger partial charge is 0.490 e. The zero-order valence-electron chi connectivity index (χ0n) is 15.4. The van der Waals surface area contributed by atoms with E-state index in [1.165, 1.54) is 0 Å². The summed E-state index contributed by atoms with van der Waals surface area (Å²) in [6.07, 6.45) is -3.36. The van der Waals surface area contributed by atoms with Crippen molar-refractivity contribution in [1.29, 1.82) is 0 Å². The molecule has 0 atom stereocenters. The van der Waals surface area contributed by atoms with Crippen LogP contribution >= 0.6 is 11.6 Å². The van der Waals surface area contributed by atoms with Crippen LogP contribution in [0.4, 0.5) is 36.3 Å². The molecule has 0 aliphatic rings. The number of alkyl halides is 3. The SMILES string of the molecule is O=C(OCCc1ccccc1Nc1ccnc(Nc2cccc(Cl)c2)n1)C(F)(F)F. The van der Waals surface area contributed by atoms with Gasteiger partial charge in [-0.1, -0.05) is 35.9 Å². The van der Waals surface area contributed by atoms with Crippen LogP contribution in [-0.2, 0) is 16.0 Å². The third-order valence-electron chi connectivity index (χ3n) is 3.85. The Labute approximate surface area is 175 Å². The molecule has 6 nitrogen and oxygen atoms in total. The van der Waals surface area contributed by atoms with E-state index >= 15 is 0 Å². The number of anilines is 4. The Bertz CT molecular complexity index is 1030. The molecular weight excluding hydrogens is 421 g/mol. The van der Waals surface area contributed by atoms with Crippen LogP contribution in [-0.4, -0.2) is 28.7 Å². The first-order valence-electron chi connectivity index (χ1n) is 8.76. The number of carbonyl (C=O) groups is 1. The van der Waals surface area contributed by atoms with Crippen LogP contribution in [0.5, 0.6) is 0 Å². The number of nitrogens with one attached hydrogen (secondary N) is 2. The van der Waals surface area contributed by atoms with E-state index in [1.54, 1.807) is 54.7 Å². The number of ether oxygens (including phenoxy) is 1. The maximum absolute atomic E-state index is 12.2.